The second kappa shape index (κ2) is 9.41. The summed E-state index contributed by atoms with van der Waals surface area (Å²) >= 11 is 0. The molecule has 1 fully saturated rings. The van der Waals surface area contributed by atoms with E-state index in [4.69, 9.17) is 4.74 Å². The third-order valence-corrected chi connectivity index (χ3v) is 8.64. The molecule has 37 heavy (non-hydrogen) atoms. The summed E-state index contributed by atoms with van der Waals surface area (Å²) in [6.45, 7) is 4.07. The van der Waals surface area contributed by atoms with Gasteiger partial charge < -0.3 is 25.2 Å². The molecule has 1 aromatic heterocycles. The third-order valence-electron chi connectivity index (χ3n) is 6.89. The van der Waals surface area contributed by atoms with Crippen molar-refractivity contribution in [3.05, 3.63) is 65.3 Å². The summed E-state index contributed by atoms with van der Waals surface area (Å²) in [4.78, 5) is 19.1. The first-order valence-electron chi connectivity index (χ1n) is 12.0. The fraction of sp³-hybridized carbons (Fsp3) is 0.385. The van der Waals surface area contributed by atoms with Crippen molar-refractivity contribution in [1.29, 1.82) is 0 Å². The number of allylic oxidation sites excluding steroid dienone is 1. The number of anilines is 2. The summed E-state index contributed by atoms with van der Waals surface area (Å²) in [5, 5.41) is 22.6. The lowest BCUT2D eigenvalue weighted by Crippen LogP contribution is -2.44. The lowest BCUT2D eigenvalue weighted by molar-refractivity contribution is -0.111. The number of halogens is 1. The highest BCUT2D eigenvalue weighted by atomic mass is 32.3. The molecule has 9 nitrogen and oxygen atoms in total. The number of hydrogen-bond donors (Lipinski definition) is 5. The van der Waals surface area contributed by atoms with Crippen LogP contribution in [0.1, 0.15) is 31.4 Å². The molecule has 1 saturated heterocycles. The molecule has 11 heteroatoms. The van der Waals surface area contributed by atoms with Crippen LogP contribution in [0.4, 0.5) is 15.9 Å². The van der Waals surface area contributed by atoms with Gasteiger partial charge in [-0.3, -0.25) is 13.9 Å². The van der Waals surface area contributed by atoms with E-state index in [1.54, 1.807) is 23.2 Å². The van der Waals surface area contributed by atoms with E-state index < -0.39 is 34.2 Å². The Kier molecular flexibility index (Phi) is 6.53. The fourth-order valence-electron chi connectivity index (χ4n) is 5.14. The molecule has 5 N–H and O–H groups in total. The normalized spacial score (nSPS) is 26.4. The number of rotatable bonds is 6. The van der Waals surface area contributed by atoms with Crippen LogP contribution >= 0.6 is 10.6 Å². The van der Waals surface area contributed by atoms with Gasteiger partial charge in [-0.1, -0.05) is 0 Å². The predicted molar refractivity (Wildman–Crippen MR) is 141 cm³/mol. The number of benzene rings is 1. The quantitative estimate of drug-likeness (QED) is 0.358. The maximum atomic E-state index is 13.9. The standard InChI is InChI=1S/C26H30FN3O6S/c1-26(2)18(11-22(36-26)24-17-10-16(27)5-6-19(17)29-25(24)33)15-4-7-23(28-12-15)30(8-3-9-31)20-13-37(34,35)14-21(20)32/h4-7,10-12,20-21,31-32,34-35H,3,8-9,13-14H2,1-2H3,(H,29,33)/b24-22+. The summed E-state index contributed by atoms with van der Waals surface area (Å²) in [7, 11) is -2.87. The number of aliphatic hydroxyl groups excluding tert-OH is 2. The molecular weight excluding hydrogens is 501 g/mol. The second-order valence-electron chi connectivity index (χ2n) is 10.00. The van der Waals surface area contributed by atoms with E-state index in [0.717, 1.165) is 11.1 Å². The van der Waals surface area contributed by atoms with E-state index in [0.29, 0.717) is 35.8 Å². The Hall–Kier alpha value is -2.96. The molecule has 2 aromatic rings. The number of carbonyl (C=O) groups is 1. The van der Waals surface area contributed by atoms with Gasteiger partial charge in [0.05, 0.1) is 29.2 Å². The van der Waals surface area contributed by atoms with Crippen molar-refractivity contribution in [1.82, 2.24) is 4.98 Å². The first-order valence-corrected chi connectivity index (χ1v) is 13.9. The first kappa shape index (κ1) is 25.7. The van der Waals surface area contributed by atoms with Crippen LogP contribution < -0.4 is 10.2 Å². The minimum Gasteiger partial charge on any atom is -0.482 e. The number of nitrogens with one attached hydrogen (secondary N) is 1. The van der Waals surface area contributed by atoms with Gasteiger partial charge in [-0.05, 0) is 56.7 Å². The molecule has 3 aliphatic rings. The van der Waals surface area contributed by atoms with Gasteiger partial charge in [-0.15, -0.1) is 0 Å². The highest BCUT2D eigenvalue weighted by molar-refractivity contribution is 8.24. The van der Waals surface area contributed by atoms with Gasteiger partial charge in [0.25, 0.3) is 5.91 Å². The maximum absolute atomic E-state index is 13.9. The molecule has 2 unspecified atom stereocenters. The van der Waals surface area contributed by atoms with Crippen molar-refractivity contribution < 1.29 is 33.2 Å². The smallest absolute Gasteiger partial charge is 0.260 e. The number of ether oxygens (including phenoxy) is 1. The minimum atomic E-state index is -2.87. The molecule has 0 bridgehead atoms. The first-order chi connectivity index (χ1) is 17.5. The second-order valence-corrected chi connectivity index (χ2v) is 12.3. The van der Waals surface area contributed by atoms with Crippen LogP contribution in [-0.2, 0) is 9.53 Å². The van der Waals surface area contributed by atoms with Crippen LogP contribution in [0.3, 0.4) is 0 Å². The van der Waals surface area contributed by atoms with Crippen molar-refractivity contribution in [2.45, 2.75) is 38.0 Å². The largest absolute Gasteiger partial charge is 0.482 e. The van der Waals surface area contributed by atoms with E-state index in [2.05, 4.69) is 10.3 Å². The highest BCUT2D eigenvalue weighted by Gasteiger charge is 2.41. The van der Waals surface area contributed by atoms with E-state index in [1.165, 1.54) is 18.2 Å². The number of pyridine rings is 1. The van der Waals surface area contributed by atoms with Crippen LogP contribution in [-0.4, -0.2) is 72.6 Å². The average Bonchev–Trinajstić information content (AvgIpc) is 3.42. The van der Waals surface area contributed by atoms with Crippen molar-refractivity contribution in [3.63, 3.8) is 0 Å². The SMILES string of the molecule is CC1(C)O/C(=C2/C(=O)Nc3ccc(F)cc32)C=C1c1ccc(N(CCCO)C2CS(O)(O)CC2O)nc1. The molecule has 0 spiro atoms. The zero-order valence-electron chi connectivity index (χ0n) is 20.5. The number of fused-ring (bicyclic) bond motifs is 1. The van der Waals surface area contributed by atoms with Gasteiger partial charge in [0.15, 0.2) is 0 Å². The lowest BCUT2D eigenvalue weighted by atomic mass is 9.93. The van der Waals surface area contributed by atoms with Gasteiger partial charge >= 0.3 is 0 Å². The lowest BCUT2D eigenvalue weighted by Gasteiger charge is -2.33. The Morgan fingerprint density at radius 1 is 1.24 bits per heavy atom. The summed E-state index contributed by atoms with van der Waals surface area (Å²) in [5.74, 6) is 0.0216. The van der Waals surface area contributed by atoms with Gasteiger partial charge in [-0.25, -0.2) is 9.37 Å². The van der Waals surface area contributed by atoms with Gasteiger partial charge in [0.1, 0.15) is 23.0 Å². The molecule has 3 aliphatic heterocycles. The number of aliphatic hydroxyl groups is 2. The van der Waals surface area contributed by atoms with Crippen LogP contribution in [0.2, 0.25) is 0 Å². The van der Waals surface area contributed by atoms with E-state index in [1.807, 2.05) is 19.9 Å². The van der Waals surface area contributed by atoms with Crippen molar-refractivity contribution in [2.75, 3.05) is 34.9 Å². The van der Waals surface area contributed by atoms with Crippen molar-refractivity contribution >= 4 is 39.1 Å². The van der Waals surface area contributed by atoms with Crippen molar-refractivity contribution in [3.8, 4) is 0 Å². The molecule has 0 saturated carbocycles. The Labute approximate surface area is 215 Å². The van der Waals surface area contributed by atoms with E-state index >= 15 is 0 Å². The monoisotopic (exact) mass is 531 g/mol. The topological polar surface area (TPSA) is 135 Å². The summed E-state index contributed by atoms with van der Waals surface area (Å²) in [5.41, 5.74) is 1.98. The summed E-state index contributed by atoms with van der Waals surface area (Å²) < 4.78 is 40.3. The fourth-order valence-corrected chi connectivity index (χ4v) is 7.00. The van der Waals surface area contributed by atoms with Crippen molar-refractivity contribution in [2.24, 2.45) is 0 Å². The van der Waals surface area contributed by atoms with E-state index in [9.17, 15) is 28.5 Å². The Bertz CT molecular complexity index is 1290. The van der Waals surface area contributed by atoms with Crippen LogP contribution in [0.5, 0.6) is 0 Å². The molecule has 4 heterocycles. The molecule has 5 rings (SSSR count). The maximum Gasteiger partial charge on any atom is 0.260 e. The zero-order valence-corrected chi connectivity index (χ0v) is 21.3. The predicted octanol–water partition coefficient (Wildman–Crippen LogP) is 3.46. The minimum absolute atomic E-state index is 0.0378. The average molecular weight is 532 g/mol. The Morgan fingerprint density at radius 2 is 2.03 bits per heavy atom. The number of aromatic nitrogens is 1. The number of carbonyl (C=O) groups excluding carboxylic acids is 1. The Balaban J connectivity index is 1.48. The van der Waals surface area contributed by atoms with Crippen LogP contribution in [0.15, 0.2) is 48.4 Å². The molecule has 1 amide bonds. The zero-order chi connectivity index (χ0) is 26.5. The van der Waals surface area contributed by atoms with Gasteiger partial charge in [-0.2, -0.15) is 10.6 Å². The third kappa shape index (κ3) is 4.85. The summed E-state index contributed by atoms with van der Waals surface area (Å²) in [6, 6.07) is 7.21. The van der Waals surface area contributed by atoms with Crippen LogP contribution in [0, 0.1) is 5.82 Å². The molecule has 0 radical (unpaired) electrons. The molecular formula is C26H30FN3O6S. The van der Waals surface area contributed by atoms with E-state index in [-0.39, 0.29) is 29.6 Å². The van der Waals surface area contributed by atoms with Gasteiger partial charge in [0.2, 0.25) is 0 Å². The Morgan fingerprint density at radius 3 is 2.68 bits per heavy atom. The highest BCUT2D eigenvalue weighted by Crippen LogP contribution is 2.48. The number of nitrogens with zero attached hydrogens (tertiary/aromatic N) is 2. The number of amides is 1. The molecule has 2 atom stereocenters. The number of hydrogen-bond acceptors (Lipinski definition) is 8. The molecule has 198 valence electrons. The summed E-state index contributed by atoms with van der Waals surface area (Å²) in [6.07, 6.45) is 2.94. The molecule has 1 aromatic carbocycles. The molecule has 0 aliphatic carbocycles. The van der Waals surface area contributed by atoms with Gasteiger partial charge in [0, 0.05) is 41.7 Å². The van der Waals surface area contributed by atoms with Crippen LogP contribution in [0.25, 0.3) is 11.1 Å².